The summed E-state index contributed by atoms with van der Waals surface area (Å²) in [5.41, 5.74) is 4.29. The van der Waals surface area contributed by atoms with Crippen LogP contribution in [0.4, 0.5) is 5.69 Å². The number of imide groups is 1. The maximum Gasteiger partial charge on any atom is 0.239 e. The van der Waals surface area contributed by atoms with Crippen molar-refractivity contribution in [3.8, 4) is 0 Å². The molecule has 4 aliphatic rings. The summed E-state index contributed by atoms with van der Waals surface area (Å²) in [6.45, 7) is 0. The topological polar surface area (TPSA) is 77.5 Å². The van der Waals surface area contributed by atoms with Crippen LogP contribution in [0.1, 0.15) is 38.5 Å². The van der Waals surface area contributed by atoms with Gasteiger partial charge in [-0.3, -0.25) is 9.59 Å². The second-order valence-corrected chi connectivity index (χ2v) is 9.47. The quantitative estimate of drug-likeness (QED) is 0.424. The van der Waals surface area contributed by atoms with Gasteiger partial charge in [-0.1, -0.05) is 76.6 Å². The van der Waals surface area contributed by atoms with E-state index in [1.54, 1.807) is 6.07 Å². The van der Waals surface area contributed by atoms with Crippen LogP contribution in [-0.2, 0) is 13.9 Å². The molecule has 2 atom stereocenters. The summed E-state index contributed by atoms with van der Waals surface area (Å²) in [6, 6.07) is 21.7. The molecular formula is C25H15BrNO4-. The summed E-state index contributed by atoms with van der Waals surface area (Å²) < 4.78 is -0.826. The standard InChI is InChI=1S/C25H16BrNO4/c26-25-17-10-3-1-8-15(17)19(16-9-2-4-11-18(16)25)20-21(25)23(29)27(22(20)28)14-7-5-6-13(12-14)24(30)31/h1-12,19-21H,(H,30,31)/p-1/t19?,20-,21-,25?/m1/s1. The van der Waals surface area contributed by atoms with E-state index in [1.807, 2.05) is 48.5 Å². The van der Waals surface area contributed by atoms with E-state index in [9.17, 15) is 19.5 Å². The number of carboxylic acids is 1. The van der Waals surface area contributed by atoms with Crippen molar-refractivity contribution in [2.75, 3.05) is 4.90 Å². The zero-order chi connectivity index (χ0) is 21.5. The predicted octanol–water partition coefficient (Wildman–Crippen LogP) is 2.95. The van der Waals surface area contributed by atoms with Gasteiger partial charge in [0, 0.05) is 5.92 Å². The van der Waals surface area contributed by atoms with Crippen LogP contribution in [-0.4, -0.2) is 17.8 Å². The fourth-order valence-corrected chi connectivity index (χ4v) is 6.91. The number of hydrogen-bond acceptors (Lipinski definition) is 4. The monoisotopic (exact) mass is 472 g/mol. The number of carbonyl (C=O) groups is 3. The average Bonchev–Trinajstić information content (AvgIpc) is 3.06. The number of carboxylic acid groups (broad SMARTS) is 1. The van der Waals surface area contributed by atoms with Gasteiger partial charge < -0.3 is 9.90 Å². The van der Waals surface area contributed by atoms with Gasteiger partial charge in [0.05, 0.1) is 27.8 Å². The highest BCUT2D eigenvalue weighted by atomic mass is 79.9. The lowest BCUT2D eigenvalue weighted by Crippen LogP contribution is -2.50. The molecule has 0 spiro atoms. The number of nitrogens with zero attached hydrogens (tertiary/aromatic N) is 1. The zero-order valence-corrected chi connectivity index (χ0v) is 17.7. The molecule has 1 fully saturated rings. The van der Waals surface area contributed by atoms with Crippen molar-refractivity contribution in [3.05, 3.63) is 101 Å². The number of amides is 2. The Morgan fingerprint density at radius 2 is 1.48 bits per heavy atom. The van der Waals surface area contributed by atoms with E-state index in [2.05, 4.69) is 15.9 Å². The van der Waals surface area contributed by atoms with Crippen molar-refractivity contribution < 1.29 is 19.5 Å². The lowest BCUT2D eigenvalue weighted by Gasteiger charge is -2.51. The Kier molecular flexibility index (Phi) is 3.67. The highest BCUT2D eigenvalue weighted by molar-refractivity contribution is 9.09. The van der Waals surface area contributed by atoms with E-state index in [0.29, 0.717) is 0 Å². The molecule has 3 aromatic carbocycles. The second-order valence-electron chi connectivity index (χ2n) is 8.22. The number of hydrogen-bond donors (Lipinski definition) is 0. The van der Waals surface area contributed by atoms with E-state index >= 15 is 0 Å². The van der Waals surface area contributed by atoms with Crippen LogP contribution in [0.25, 0.3) is 0 Å². The number of carbonyl (C=O) groups excluding carboxylic acids is 3. The molecule has 3 aliphatic carbocycles. The number of anilines is 1. The van der Waals surface area contributed by atoms with Crippen LogP contribution in [0.15, 0.2) is 72.8 Å². The smallest absolute Gasteiger partial charge is 0.239 e. The Bertz CT molecular complexity index is 1270. The van der Waals surface area contributed by atoms with E-state index in [1.165, 1.54) is 18.2 Å². The molecular weight excluding hydrogens is 458 g/mol. The molecule has 3 aromatic rings. The molecule has 1 heterocycles. The Hall–Kier alpha value is -3.25. The summed E-state index contributed by atoms with van der Waals surface area (Å²) in [6.07, 6.45) is 0. The van der Waals surface area contributed by atoms with Gasteiger partial charge >= 0.3 is 0 Å². The first-order valence-corrected chi connectivity index (χ1v) is 10.8. The largest absolute Gasteiger partial charge is 0.545 e. The Morgan fingerprint density at radius 3 is 2.10 bits per heavy atom. The van der Waals surface area contributed by atoms with E-state index in [0.717, 1.165) is 27.2 Å². The molecule has 0 saturated carbocycles. The average molecular weight is 473 g/mol. The molecule has 6 heteroatoms. The van der Waals surface area contributed by atoms with Crippen molar-refractivity contribution in [1.29, 1.82) is 0 Å². The summed E-state index contributed by atoms with van der Waals surface area (Å²) in [5.74, 6) is -3.40. The van der Waals surface area contributed by atoms with Crippen molar-refractivity contribution in [3.63, 3.8) is 0 Å². The first-order chi connectivity index (χ1) is 14.9. The van der Waals surface area contributed by atoms with E-state index in [-0.39, 0.29) is 29.0 Å². The fourth-order valence-electron chi connectivity index (χ4n) is 5.71. The van der Waals surface area contributed by atoms with Gasteiger partial charge in [-0.2, -0.15) is 0 Å². The third kappa shape index (κ3) is 2.18. The highest BCUT2D eigenvalue weighted by Crippen LogP contribution is 2.66. The Balaban J connectivity index is 1.58. The van der Waals surface area contributed by atoms with Crippen molar-refractivity contribution >= 4 is 39.4 Å². The molecule has 31 heavy (non-hydrogen) atoms. The molecule has 2 bridgehead atoms. The van der Waals surface area contributed by atoms with Gasteiger partial charge in [-0.15, -0.1) is 0 Å². The summed E-state index contributed by atoms with van der Waals surface area (Å²) in [5, 5.41) is 11.3. The molecule has 0 N–H and O–H groups in total. The molecule has 5 nitrogen and oxygen atoms in total. The molecule has 152 valence electrons. The molecule has 0 unspecified atom stereocenters. The van der Waals surface area contributed by atoms with Gasteiger partial charge in [0.25, 0.3) is 0 Å². The first-order valence-electron chi connectivity index (χ1n) is 10.0. The Labute approximate surface area is 186 Å². The van der Waals surface area contributed by atoms with Gasteiger partial charge in [-0.05, 0) is 39.9 Å². The van der Waals surface area contributed by atoms with Crippen LogP contribution in [0, 0.1) is 11.8 Å². The predicted molar refractivity (Wildman–Crippen MR) is 115 cm³/mol. The van der Waals surface area contributed by atoms with Crippen LogP contribution < -0.4 is 10.0 Å². The van der Waals surface area contributed by atoms with E-state index < -0.39 is 22.1 Å². The maximum atomic E-state index is 13.8. The SMILES string of the molecule is O=C([O-])c1cccc(N2C(=O)[C@@H]3C4c5ccccc5C(Br)(c5ccccc54)[C@H]3C2=O)c1. The van der Waals surface area contributed by atoms with E-state index in [4.69, 9.17) is 0 Å². The molecule has 0 aromatic heterocycles. The number of alkyl halides is 1. The van der Waals surface area contributed by atoms with Gasteiger partial charge in [0.1, 0.15) is 0 Å². The normalized spacial score (nSPS) is 27.6. The molecule has 1 saturated heterocycles. The minimum Gasteiger partial charge on any atom is -0.545 e. The number of aromatic carboxylic acids is 1. The number of benzene rings is 3. The van der Waals surface area contributed by atoms with Gasteiger partial charge in [0.15, 0.2) is 0 Å². The zero-order valence-electron chi connectivity index (χ0n) is 16.1. The summed E-state index contributed by atoms with van der Waals surface area (Å²) in [4.78, 5) is 40.0. The first kappa shape index (κ1) is 18.5. The lowest BCUT2D eigenvalue weighted by molar-refractivity contribution is -0.255. The Morgan fingerprint density at radius 1 is 0.871 bits per heavy atom. The van der Waals surface area contributed by atoms with Crippen LogP contribution in [0.2, 0.25) is 0 Å². The maximum absolute atomic E-state index is 13.8. The van der Waals surface area contributed by atoms with Crippen LogP contribution in [0.5, 0.6) is 0 Å². The van der Waals surface area contributed by atoms with Crippen molar-refractivity contribution in [1.82, 2.24) is 0 Å². The second kappa shape index (κ2) is 6.14. The third-order valence-electron chi connectivity index (χ3n) is 6.85. The van der Waals surface area contributed by atoms with Crippen molar-refractivity contribution in [2.24, 2.45) is 11.8 Å². The molecule has 7 rings (SSSR count). The van der Waals surface area contributed by atoms with Gasteiger partial charge in [0.2, 0.25) is 11.8 Å². The number of halogens is 1. The molecule has 0 radical (unpaired) electrons. The molecule has 1 aliphatic heterocycles. The summed E-state index contributed by atoms with van der Waals surface area (Å²) in [7, 11) is 0. The van der Waals surface area contributed by atoms with Gasteiger partial charge in [-0.25, -0.2) is 4.90 Å². The van der Waals surface area contributed by atoms with Crippen LogP contribution in [0.3, 0.4) is 0 Å². The lowest BCUT2D eigenvalue weighted by atomic mass is 9.55. The highest BCUT2D eigenvalue weighted by Gasteiger charge is 2.67. The van der Waals surface area contributed by atoms with Crippen molar-refractivity contribution in [2.45, 2.75) is 10.2 Å². The minimum absolute atomic E-state index is 0.0731. The summed E-state index contributed by atoms with van der Waals surface area (Å²) >= 11 is 3.94. The van der Waals surface area contributed by atoms with Crippen LogP contribution >= 0.6 is 15.9 Å². The number of rotatable bonds is 2. The molecule has 2 amide bonds. The third-order valence-corrected chi connectivity index (χ3v) is 8.20. The fraction of sp³-hybridized carbons (Fsp3) is 0.160. The minimum atomic E-state index is -1.35.